The molecule has 0 radical (unpaired) electrons. The third-order valence-electron chi connectivity index (χ3n) is 31.6. The van der Waals surface area contributed by atoms with Crippen molar-refractivity contribution in [3.05, 3.63) is 0 Å². The van der Waals surface area contributed by atoms with Crippen LogP contribution >= 0.6 is 15.9 Å². The molecule has 147 heavy (non-hydrogen) atoms. The number of alkyl halides is 1. The van der Waals surface area contributed by atoms with E-state index in [0.717, 1.165) is 153 Å². The third kappa shape index (κ3) is 107. The molecule has 0 rings (SSSR count). The zero-order valence-corrected chi connectivity index (χ0v) is 104. The van der Waals surface area contributed by atoms with Gasteiger partial charge in [0.25, 0.3) is 0 Å². The Kier molecular flexibility index (Phi) is 125. The minimum absolute atomic E-state index is 0.000900. The summed E-state index contributed by atoms with van der Waals surface area (Å²) in [6.45, 7) is 39.5. The third-order valence-corrected chi connectivity index (χ3v) is 32.2. The van der Waals surface area contributed by atoms with Crippen molar-refractivity contribution in [1.29, 1.82) is 0 Å². The normalized spacial score (nSPS) is 12.7. The monoisotopic (exact) mass is 2140 g/mol. The number of ether oxygens (including phenoxy) is 4. The van der Waals surface area contributed by atoms with Crippen molar-refractivity contribution in [2.75, 3.05) is 64.5 Å². The van der Waals surface area contributed by atoms with Crippen LogP contribution in [0, 0.1) is 23.7 Å². The highest BCUT2D eigenvalue weighted by atomic mass is 79.9. The maximum atomic E-state index is 14.4. The van der Waals surface area contributed by atoms with Crippen molar-refractivity contribution in [3.8, 4) is 0 Å². The minimum Gasteiger partial charge on any atom is -0.465 e. The smallest absolute Gasteiger partial charge is 0.305 e. The fourth-order valence-electron chi connectivity index (χ4n) is 21.4. The zero-order chi connectivity index (χ0) is 108. The second-order valence-electron chi connectivity index (χ2n) is 46.2. The summed E-state index contributed by atoms with van der Waals surface area (Å²) in [5.41, 5.74) is 0. The molecular formula is C133H262BrN3O10. The van der Waals surface area contributed by atoms with E-state index in [2.05, 4.69) is 128 Å². The van der Waals surface area contributed by atoms with Gasteiger partial charge in [0.05, 0.1) is 26.4 Å². The lowest BCUT2D eigenvalue weighted by atomic mass is 9.96. The predicted octanol–water partition coefficient (Wildman–Crippen LogP) is 42.8. The Balaban J connectivity index is -0.00000261. The van der Waals surface area contributed by atoms with Gasteiger partial charge in [-0.25, -0.2) is 0 Å². The molecule has 0 bridgehead atoms. The van der Waals surface area contributed by atoms with Crippen molar-refractivity contribution in [2.45, 2.75) is 732 Å². The molecule has 0 saturated heterocycles. The van der Waals surface area contributed by atoms with Gasteiger partial charge in [0.2, 0.25) is 11.8 Å². The largest absolute Gasteiger partial charge is 0.465 e. The average Bonchev–Trinajstić information content (AvgIpc) is 0.884. The van der Waals surface area contributed by atoms with Crippen LogP contribution in [0.25, 0.3) is 0 Å². The van der Waals surface area contributed by atoms with Crippen molar-refractivity contribution in [2.24, 2.45) is 23.7 Å². The van der Waals surface area contributed by atoms with Crippen LogP contribution in [-0.2, 0) is 47.7 Å². The van der Waals surface area contributed by atoms with Gasteiger partial charge >= 0.3 is 23.9 Å². The van der Waals surface area contributed by atoms with E-state index in [-0.39, 0.29) is 23.9 Å². The molecule has 0 aromatic rings. The Bertz CT molecular complexity index is 2520. The first-order valence-electron chi connectivity index (χ1n) is 66.6. The first kappa shape index (κ1) is 148. The molecule has 0 aliphatic heterocycles. The minimum atomic E-state index is -0.00477. The fourth-order valence-corrected chi connectivity index (χ4v) is 21.8. The maximum absolute atomic E-state index is 14.4. The molecular weight excluding hydrogens is 1880 g/mol. The van der Waals surface area contributed by atoms with E-state index in [1.54, 1.807) is 0 Å². The predicted molar refractivity (Wildman–Crippen MR) is 646 cm³/mol. The van der Waals surface area contributed by atoms with Crippen LogP contribution in [0.5, 0.6) is 0 Å². The molecule has 2 amide bonds. The highest BCUT2D eigenvalue weighted by molar-refractivity contribution is 9.09. The van der Waals surface area contributed by atoms with Gasteiger partial charge in [-0.05, 0) is 197 Å². The van der Waals surface area contributed by atoms with Crippen molar-refractivity contribution in [1.82, 2.24) is 14.7 Å². The molecule has 13 nitrogen and oxygen atoms in total. The second kappa shape index (κ2) is 123. The summed E-state index contributed by atoms with van der Waals surface area (Å²) in [6, 6.07) is 0.661. The van der Waals surface area contributed by atoms with Crippen LogP contribution in [0.15, 0.2) is 0 Å². The summed E-state index contributed by atoms with van der Waals surface area (Å²) < 4.78 is 23.2. The molecule has 0 aliphatic rings. The average molecular weight is 2140 g/mol. The number of hydrogen-bond donors (Lipinski definition) is 0. The number of unbranched alkanes of at least 4 members (excludes halogenated alkanes) is 60. The molecule has 0 saturated carbocycles. The number of hydrogen-bond acceptors (Lipinski definition) is 11. The van der Waals surface area contributed by atoms with E-state index in [0.29, 0.717) is 113 Å². The number of carbonyl (C=O) groups is 6. The topological polar surface area (TPSA) is 149 Å². The quantitative estimate of drug-likeness (QED) is 0.0248. The highest BCUT2D eigenvalue weighted by Gasteiger charge is 2.27. The first-order valence-corrected chi connectivity index (χ1v) is 67.7. The molecule has 14 heteroatoms. The van der Waals surface area contributed by atoms with Crippen LogP contribution in [0.3, 0.4) is 0 Å². The highest BCUT2D eigenvalue weighted by Crippen LogP contribution is 2.30. The van der Waals surface area contributed by atoms with Gasteiger partial charge in [-0.1, -0.05) is 543 Å². The van der Waals surface area contributed by atoms with E-state index >= 15 is 0 Å². The van der Waals surface area contributed by atoms with Gasteiger partial charge in [0, 0.05) is 69.0 Å². The number of carbonyl (C=O) groups excluding carboxylic acids is 6. The molecule has 4 unspecified atom stereocenters. The number of amides is 2. The van der Waals surface area contributed by atoms with Crippen LogP contribution in [0.1, 0.15) is 720 Å². The summed E-state index contributed by atoms with van der Waals surface area (Å²) in [6.07, 6.45) is 114. The Labute approximate surface area is 927 Å². The van der Waals surface area contributed by atoms with E-state index in [1.807, 2.05) is 0 Å². The summed E-state index contributed by atoms with van der Waals surface area (Å²) in [5.74, 6) is 2.86. The van der Waals surface area contributed by atoms with Gasteiger partial charge in [0.15, 0.2) is 0 Å². The van der Waals surface area contributed by atoms with Gasteiger partial charge in [-0.3, -0.25) is 28.8 Å². The van der Waals surface area contributed by atoms with Crippen LogP contribution in [0.2, 0.25) is 0 Å². The lowest BCUT2D eigenvalue weighted by Crippen LogP contribution is -2.41. The molecule has 4 atom stereocenters. The Morgan fingerprint density at radius 2 is 0.333 bits per heavy atom. The number of nitrogens with zero attached hydrogens (tertiary/aromatic N) is 3. The maximum Gasteiger partial charge on any atom is 0.305 e. The molecule has 0 spiro atoms. The van der Waals surface area contributed by atoms with Crippen LogP contribution in [-0.4, -0.2) is 127 Å². The Hall–Kier alpha value is -2.74. The molecule has 0 heterocycles. The zero-order valence-electron chi connectivity index (χ0n) is 102. The lowest BCUT2D eigenvalue weighted by molar-refractivity contribution is -0.146. The fraction of sp³-hybridized carbons (Fsp3) is 0.955. The lowest BCUT2D eigenvalue weighted by Gasteiger charge is -2.33. The van der Waals surface area contributed by atoms with E-state index in [1.165, 1.54) is 469 Å². The summed E-state index contributed by atoms with van der Waals surface area (Å²) in [4.78, 5) is 86.2. The summed E-state index contributed by atoms with van der Waals surface area (Å²) in [7, 11) is 0. The van der Waals surface area contributed by atoms with Crippen LogP contribution < -0.4 is 0 Å². The second-order valence-corrected chi connectivity index (χ2v) is 46.9. The molecule has 0 aromatic carbocycles. The molecule has 0 aromatic heterocycles. The number of rotatable bonds is 117. The molecule has 0 aliphatic carbocycles. The summed E-state index contributed by atoms with van der Waals surface area (Å²) >= 11 is 3.58. The molecule has 0 N–H and O–H groups in total. The number of esters is 4. The van der Waals surface area contributed by atoms with Crippen molar-refractivity contribution < 1.29 is 47.7 Å². The standard InChI is InChI=1S/C66H130N2O5.C58H112BrNO5.C9H20/c1-8-15-22-25-26-31-36-44-58-68(64(69)52-43-45-57-67(55-20-13-6)56-21-14-7)63(50-39-32-27-29-34-41-53-65(70)72-59-61(46-18-11-4)48-37-23-16-9-2)51-40-33-28-30-35-42-54-66(71)73-60-62(47-19-12-5)49-38-24-17-10-3;1-6-11-16-19-20-25-30-39-50-60(56(61)46-37-38-49-59)55(44-33-26-21-23-28-35-47-57(62)64-51-53(40-14-9-4)42-31-17-12-7-2)45-34-27-22-24-29-36-48-58(63)65-52-54(41-15-10-5)43-32-18-13-8-3;1-3-5-7-9-8-6-4-2/h61-63H,8-60H2,1-7H3;53-55H,6-52H2,1-5H3;3-9H2,1-2H3. The van der Waals surface area contributed by atoms with Gasteiger partial charge in [-0.2, -0.15) is 0 Å². The van der Waals surface area contributed by atoms with E-state index in [4.69, 9.17) is 18.9 Å². The number of halogens is 1. The van der Waals surface area contributed by atoms with Gasteiger partial charge < -0.3 is 33.6 Å². The molecule has 876 valence electrons. The Morgan fingerprint density at radius 3 is 0.558 bits per heavy atom. The van der Waals surface area contributed by atoms with E-state index < -0.39 is 0 Å². The van der Waals surface area contributed by atoms with E-state index in [9.17, 15) is 28.8 Å². The van der Waals surface area contributed by atoms with Crippen LogP contribution in [0.4, 0.5) is 0 Å². The SMILES string of the molecule is CCCCCCCCC.CCCCCCCCCCN(C(=O)CCCCBr)C(CCCCCCCCC(=O)OCC(CCCC)CCCCCC)CCCCCCCCC(=O)OCC(CCCC)CCCCCC.CCCCCCCCCCN(C(=O)CCCCN(CCCC)CCCC)C(CCCCCCCCC(=O)OCC(CCCC)CCCCCC)CCCCCCCCC(=O)OCC(CCCC)CCCCCC. The summed E-state index contributed by atoms with van der Waals surface area (Å²) in [5, 5.41) is 0.960. The molecule has 0 fully saturated rings. The Morgan fingerprint density at radius 1 is 0.170 bits per heavy atom. The van der Waals surface area contributed by atoms with Gasteiger partial charge in [-0.15, -0.1) is 0 Å². The van der Waals surface area contributed by atoms with Crippen molar-refractivity contribution in [3.63, 3.8) is 0 Å². The van der Waals surface area contributed by atoms with Crippen molar-refractivity contribution >= 4 is 51.6 Å². The first-order chi connectivity index (χ1) is 72.1. The van der Waals surface area contributed by atoms with Gasteiger partial charge in [0.1, 0.15) is 0 Å².